The molecular formula is C36H26N8O11S3. The average molecular weight is 843 g/mol. The molecule has 0 amide bonds. The highest BCUT2D eigenvalue weighted by atomic mass is 32.2. The molecule has 2 aliphatic rings. The second-order valence-electron chi connectivity index (χ2n) is 12.5. The van der Waals surface area contributed by atoms with Crippen LogP contribution < -0.4 is 22.3 Å². The number of hydrogen-bond donors (Lipinski definition) is 7. The Labute approximate surface area is 328 Å². The van der Waals surface area contributed by atoms with E-state index in [9.17, 15) is 48.5 Å². The summed E-state index contributed by atoms with van der Waals surface area (Å²) in [6, 6.07) is 20.8. The highest BCUT2D eigenvalue weighted by molar-refractivity contribution is 7.91. The van der Waals surface area contributed by atoms with Crippen molar-refractivity contribution in [2.24, 2.45) is 20.4 Å². The molecule has 9 N–H and O–H groups in total. The van der Waals surface area contributed by atoms with Crippen LogP contribution in [0.4, 0.5) is 34.1 Å². The lowest BCUT2D eigenvalue weighted by Crippen LogP contribution is -2.28. The molecular weight excluding hydrogens is 817 g/mol. The third kappa shape index (κ3) is 7.86. The maximum atomic E-state index is 13.7. The molecule has 0 aliphatic heterocycles. The van der Waals surface area contributed by atoms with Crippen LogP contribution in [0.2, 0.25) is 0 Å². The zero-order chi connectivity index (χ0) is 41.7. The largest absolute Gasteiger partial charge is 0.399 e. The van der Waals surface area contributed by atoms with E-state index in [1.165, 1.54) is 84.9 Å². The van der Waals surface area contributed by atoms with Gasteiger partial charge in [-0.25, -0.2) is 0 Å². The van der Waals surface area contributed by atoms with Gasteiger partial charge in [0, 0.05) is 33.3 Å². The standard InChI is InChI=1S/C36H26N8O11S3/c37-20-3-1-18-13-31(57(50,51)52)33(35(45)26(18)15-20)44-41-23-4-2-19-14-32(58(53,54)55)34(36(46)27(19)16-23)43-40-22-7-5-21(6-8-22)39-42-30-12-11-29(38)25-10-9-24(17-28(25)30)56(47,48)49/h1-17,40-41H,37-38H2,(H,47,48,49)(H,50,51,52)(H,53,54,55)/b42-39?,43-34+,44-33-. The molecule has 0 heterocycles. The first-order valence-electron chi connectivity index (χ1n) is 16.3. The number of anilines is 4. The zero-order valence-electron chi connectivity index (χ0n) is 29.1. The summed E-state index contributed by atoms with van der Waals surface area (Å²) in [5.74, 6) is -1.83. The number of fused-ring (bicyclic) bond motifs is 3. The van der Waals surface area contributed by atoms with Gasteiger partial charge in [0.1, 0.15) is 9.81 Å². The number of benzene rings is 5. The highest BCUT2D eigenvalue weighted by Gasteiger charge is 2.35. The van der Waals surface area contributed by atoms with Crippen LogP contribution in [0.15, 0.2) is 126 Å². The number of nitrogen functional groups attached to an aromatic ring is 2. The van der Waals surface area contributed by atoms with Crippen molar-refractivity contribution >= 4 is 110 Å². The third-order valence-electron chi connectivity index (χ3n) is 8.68. The van der Waals surface area contributed by atoms with Crippen molar-refractivity contribution in [1.82, 2.24) is 0 Å². The van der Waals surface area contributed by atoms with Gasteiger partial charge in [-0.2, -0.15) is 40.6 Å². The van der Waals surface area contributed by atoms with Crippen molar-refractivity contribution in [3.63, 3.8) is 0 Å². The first-order chi connectivity index (χ1) is 27.3. The molecule has 0 saturated carbocycles. The zero-order valence-corrected chi connectivity index (χ0v) is 31.5. The Morgan fingerprint density at radius 2 is 1.09 bits per heavy atom. The summed E-state index contributed by atoms with van der Waals surface area (Å²) in [6.07, 6.45) is 2.06. The van der Waals surface area contributed by atoms with E-state index in [1.807, 2.05) is 0 Å². The lowest BCUT2D eigenvalue weighted by molar-refractivity contribution is 0.105. The number of nitrogens with one attached hydrogen (secondary N) is 2. The maximum Gasteiger partial charge on any atom is 0.296 e. The van der Waals surface area contributed by atoms with Gasteiger partial charge in [0.05, 0.1) is 27.6 Å². The van der Waals surface area contributed by atoms with Crippen molar-refractivity contribution < 1.29 is 48.5 Å². The number of Topliss-reactive ketones (excluding diaryl/α,β-unsaturated/α-hetero) is 2. The Kier molecular flexibility index (Phi) is 9.84. The number of nitrogens with zero attached hydrogens (tertiary/aromatic N) is 4. The number of ketones is 2. The molecule has 7 rings (SSSR count). The minimum absolute atomic E-state index is 0.0230. The molecule has 0 saturated heterocycles. The molecule has 0 unspecified atom stereocenters. The Balaban J connectivity index is 1.14. The first kappa shape index (κ1) is 39.3. The predicted octanol–water partition coefficient (Wildman–Crippen LogP) is 5.45. The van der Waals surface area contributed by atoms with E-state index in [2.05, 4.69) is 31.3 Å². The fourth-order valence-corrected chi connectivity index (χ4v) is 7.71. The van der Waals surface area contributed by atoms with Gasteiger partial charge in [0.25, 0.3) is 30.4 Å². The van der Waals surface area contributed by atoms with Gasteiger partial charge < -0.3 is 11.5 Å². The molecule has 0 fully saturated rings. The topological polar surface area (TPSA) is 323 Å². The molecule has 5 aromatic rings. The van der Waals surface area contributed by atoms with Crippen LogP contribution in [0.5, 0.6) is 0 Å². The second kappa shape index (κ2) is 14.5. The quantitative estimate of drug-likeness (QED) is 0.0420. The second-order valence-corrected chi connectivity index (χ2v) is 16.7. The van der Waals surface area contributed by atoms with Crippen LogP contribution in [0, 0.1) is 0 Å². The van der Waals surface area contributed by atoms with Crippen molar-refractivity contribution in [2.75, 3.05) is 22.3 Å². The highest BCUT2D eigenvalue weighted by Crippen LogP contribution is 2.34. The first-order valence-corrected chi connectivity index (χ1v) is 20.6. The lowest BCUT2D eigenvalue weighted by atomic mass is 9.94. The van der Waals surface area contributed by atoms with Crippen LogP contribution in [-0.4, -0.2) is 61.9 Å². The molecule has 19 nitrogen and oxygen atoms in total. The van der Waals surface area contributed by atoms with Crippen molar-refractivity contribution in [2.45, 2.75) is 4.90 Å². The summed E-state index contributed by atoms with van der Waals surface area (Å²) in [5, 5.41) is 17.0. The van der Waals surface area contributed by atoms with Gasteiger partial charge in [-0.1, -0.05) is 18.2 Å². The number of rotatable bonds is 9. The summed E-state index contributed by atoms with van der Waals surface area (Å²) >= 11 is 0. The van der Waals surface area contributed by atoms with Crippen molar-refractivity contribution in [3.8, 4) is 0 Å². The normalized spacial score (nSPS) is 16.0. The van der Waals surface area contributed by atoms with Crippen LogP contribution in [-0.2, 0) is 30.4 Å². The molecule has 0 bridgehead atoms. The number of hydrazone groups is 2. The van der Waals surface area contributed by atoms with Gasteiger partial charge in [-0.05, 0) is 96.1 Å². The molecule has 294 valence electrons. The van der Waals surface area contributed by atoms with E-state index in [0.717, 1.165) is 12.2 Å². The molecule has 0 atom stereocenters. The molecule has 5 aromatic carbocycles. The third-order valence-corrected chi connectivity index (χ3v) is 11.3. The summed E-state index contributed by atoms with van der Waals surface area (Å²) in [6.45, 7) is 0. The minimum atomic E-state index is -5.00. The smallest absolute Gasteiger partial charge is 0.296 e. The maximum absolute atomic E-state index is 13.7. The number of hydrogen-bond acceptors (Lipinski definition) is 16. The fourth-order valence-electron chi connectivity index (χ4n) is 5.89. The summed E-state index contributed by atoms with van der Waals surface area (Å²) in [5.41, 5.74) is 17.0. The van der Waals surface area contributed by atoms with Gasteiger partial charge in [-0.3, -0.25) is 34.1 Å². The molecule has 58 heavy (non-hydrogen) atoms. The number of allylic oxidation sites excluding steroid dienone is 2. The Bertz CT molecular complexity index is 3140. The number of carbonyl (C=O) groups excluding carboxylic acids is 2. The number of carbonyl (C=O) groups is 2. The summed E-state index contributed by atoms with van der Waals surface area (Å²) in [7, 11) is -14.5. The fraction of sp³-hybridized carbons (Fsp3) is 0. The molecule has 22 heteroatoms. The molecule has 2 aliphatic carbocycles. The SMILES string of the molecule is Nc1ccc2c(c1)C(=O)/C(=N\Nc1ccc3c(c1)C(=O)/C(=N/Nc1ccc(N=Nc4ccc(N)c5ccc(S(=O)(=O)O)cc45)cc1)C(S(=O)(=O)O)=C3)C(S(=O)(=O)O)=C2. The average Bonchev–Trinajstić information content (AvgIpc) is 3.16. The number of nitrogens with two attached hydrogens (primary N) is 2. The summed E-state index contributed by atoms with van der Waals surface area (Å²) < 4.78 is 102. The van der Waals surface area contributed by atoms with Crippen LogP contribution in [0.25, 0.3) is 22.9 Å². The minimum Gasteiger partial charge on any atom is -0.399 e. The van der Waals surface area contributed by atoms with Crippen LogP contribution in [0.3, 0.4) is 0 Å². The predicted molar refractivity (Wildman–Crippen MR) is 216 cm³/mol. The van der Waals surface area contributed by atoms with Crippen LogP contribution >= 0.6 is 0 Å². The van der Waals surface area contributed by atoms with E-state index in [4.69, 9.17) is 11.5 Å². The van der Waals surface area contributed by atoms with E-state index in [0.29, 0.717) is 22.1 Å². The van der Waals surface area contributed by atoms with Crippen molar-refractivity contribution in [3.05, 3.63) is 123 Å². The monoisotopic (exact) mass is 842 g/mol. The van der Waals surface area contributed by atoms with E-state index >= 15 is 0 Å². The van der Waals surface area contributed by atoms with E-state index in [-0.39, 0.29) is 49.9 Å². The molecule has 0 radical (unpaired) electrons. The van der Waals surface area contributed by atoms with E-state index in [1.54, 1.807) is 6.07 Å². The van der Waals surface area contributed by atoms with Gasteiger partial charge in [0.2, 0.25) is 11.6 Å². The van der Waals surface area contributed by atoms with E-state index < -0.39 is 63.2 Å². The van der Waals surface area contributed by atoms with Gasteiger partial charge in [-0.15, -0.1) is 5.11 Å². The Morgan fingerprint density at radius 3 is 1.67 bits per heavy atom. The van der Waals surface area contributed by atoms with Gasteiger partial charge in [0.15, 0.2) is 11.4 Å². The lowest BCUT2D eigenvalue weighted by Gasteiger charge is -2.18. The number of azo groups is 1. The van der Waals surface area contributed by atoms with Gasteiger partial charge >= 0.3 is 0 Å². The summed E-state index contributed by atoms with van der Waals surface area (Å²) in [4.78, 5) is 25.0. The Hall–Kier alpha value is -6.95. The molecule has 0 spiro atoms. The molecule has 0 aromatic heterocycles. The van der Waals surface area contributed by atoms with Crippen molar-refractivity contribution in [1.29, 1.82) is 0 Å². The van der Waals surface area contributed by atoms with Crippen LogP contribution in [0.1, 0.15) is 31.8 Å². The Morgan fingerprint density at radius 1 is 0.534 bits per heavy atom.